The van der Waals surface area contributed by atoms with Gasteiger partial charge in [-0.05, 0) is 17.7 Å². The first-order valence-electron chi connectivity index (χ1n) is 9.25. The zero-order valence-electron chi connectivity index (χ0n) is 15.9. The molecular formula is C20H20F3N3O4. The van der Waals surface area contributed by atoms with Crippen molar-refractivity contribution in [2.75, 3.05) is 24.5 Å². The average molecular weight is 423 g/mol. The second kappa shape index (κ2) is 8.70. The predicted molar refractivity (Wildman–Crippen MR) is 103 cm³/mol. The van der Waals surface area contributed by atoms with E-state index >= 15 is 0 Å². The third-order valence-corrected chi connectivity index (χ3v) is 5.03. The van der Waals surface area contributed by atoms with Crippen LogP contribution in [0.3, 0.4) is 0 Å². The number of halogens is 3. The van der Waals surface area contributed by atoms with Crippen LogP contribution in [0.1, 0.15) is 17.5 Å². The third-order valence-electron chi connectivity index (χ3n) is 5.03. The fourth-order valence-corrected chi connectivity index (χ4v) is 3.68. The molecule has 1 N–H and O–H groups in total. The van der Waals surface area contributed by atoms with Gasteiger partial charge in [0.05, 0.1) is 22.9 Å². The van der Waals surface area contributed by atoms with Crippen LogP contribution < -0.4 is 4.90 Å². The van der Waals surface area contributed by atoms with Crippen LogP contribution in [-0.4, -0.2) is 46.6 Å². The Hall–Kier alpha value is -3.14. The number of carboxylic acids is 1. The van der Waals surface area contributed by atoms with E-state index in [9.17, 15) is 33.2 Å². The number of nitro groups is 1. The highest BCUT2D eigenvalue weighted by atomic mass is 19.4. The molecule has 1 saturated heterocycles. The summed E-state index contributed by atoms with van der Waals surface area (Å²) in [6, 6.07) is 11.0. The SMILES string of the molecule is O=C(O)CC1CN(Cc2ccccc2)CCN1c1cc(C(F)(F)F)ccc1[N+](=O)[O-]. The second-order valence-electron chi connectivity index (χ2n) is 7.12. The number of aliphatic carboxylic acids is 1. The summed E-state index contributed by atoms with van der Waals surface area (Å²) in [6.45, 7) is 1.41. The minimum atomic E-state index is -4.67. The average Bonchev–Trinajstić information content (AvgIpc) is 2.67. The van der Waals surface area contributed by atoms with Crippen LogP contribution in [0.25, 0.3) is 0 Å². The zero-order chi connectivity index (χ0) is 21.9. The molecule has 160 valence electrons. The molecule has 0 aromatic heterocycles. The second-order valence-corrected chi connectivity index (χ2v) is 7.12. The lowest BCUT2D eigenvalue weighted by Gasteiger charge is -2.42. The largest absolute Gasteiger partial charge is 0.481 e. The number of nitrogens with zero attached hydrogens (tertiary/aromatic N) is 3. The van der Waals surface area contributed by atoms with E-state index in [2.05, 4.69) is 0 Å². The summed E-state index contributed by atoms with van der Waals surface area (Å²) in [5.74, 6) is -1.12. The molecule has 0 spiro atoms. The van der Waals surface area contributed by atoms with Gasteiger partial charge in [0.1, 0.15) is 5.69 Å². The Morgan fingerprint density at radius 3 is 2.47 bits per heavy atom. The van der Waals surface area contributed by atoms with Crippen LogP contribution in [0.5, 0.6) is 0 Å². The van der Waals surface area contributed by atoms with Gasteiger partial charge in [0.25, 0.3) is 5.69 Å². The van der Waals surface area contributed by atoms with Crippen LogP contribution in [-0.2, 0) is 17.5 Å². The van der Waals surface area contributed by atoms with E-state index in [1.54, 1.807) is 0 Å². The molecule has 2 aromatic carbocycles. The standard InChI is InChI=1S/C20H20F3N3O4/c21-20(22,23)15-6-7-17(26(29)30)18(10-15)25-9-8-24(13-16(25)11-19(27)28)12-14-4-2-1-3-5-14/h1-7,10,16H,8-9,11-13H2,(H,27,28). The van der Waals surface area contributed by atoms with E-state index in [0.29, 0.717) is 19.2 Å². The van der Waals surface area contributed by atoms with E-state index in [1.807, 2.05) is 35.2 Å². The Morgan fingerprint density at radius 1 is 1.17 bits per heavy atom. The van der Waals surface area contributed by atoms with E-state index in [1.165, 1.54) is 4.90 Å². The fourth-order valence-electron chi connectivity index (χ4n) is 3.68. The highest BCUT2D eigenvalue weighted by Crippen LogP contribution is 2.38. The molecule has 0 amide bonds. The Bertz CT molecular complexity index is 921. The molecule has 1 unspecified atom stereocenters. The zero-order valence-corrected chi connectivity index (χ0v) is 15.9. The number of hydrogen-bond donors (Lipinski definition) is 1. The molecule has 0 saturated carbocycles. The monoisotopic (exact) mass is 423 g/mol. The minimum absolute atomic E-state index is 0.174. The van der Waals surface area contributed by atoms with Crippen molar-refractivity contribution in [2.45, 2.75) is 25.2 Å². The number of rotatable bonds is 6. The molecule has 30 heavy (non-hydrogen) atoms. The van der Waals surface area contributed by atoms with Gasteiger partial charge in [-0.3, -0.25) is 19.8 Å². The van der Waals surface area contributed by atoms with Crippen molar-refractivity contribution in [3.63, 3.8) is 0 Å². The van der Waals surface area contributed by atoms with E-state index in [-0.39, 0.29) is 25.2 Å². The molecule has 0 aliphatic carbocycles. The molecule has 0 radical (unpaired) electrons. The lowest BCUT2D eigenvalue weighted by Crippen LogP contribution is -2.53. The Kier molecular flexibility index (Phi) is 6.25. The highest BCUT2D eigenvalue weighted by Gasteiger charge is 2.36. The summed E-state index contributed by atoms with van der Waals surface area (Å²) < 4.78 is 39.6. The quantitative estimate of drug-likeness (QED) is 0.562. The molecule has 0 bridgehead atoms. The first-order valence-corrected chi connectivity index (χ1v) is 9.25. The third kappa shape index (κ3) is 5.07. The molecule has 1 fully saturated rings. The van der Waals surface area contributed by atoms with Gasteiger partial charge < -0.3 is 10.0 Å². The maximum atomic E-state index is 13.2. The summed E-state index contributed by atoms with van der Waals surface area (Å²) in [5.41, 5.74) is -0.677. The molecule has 1 atom stereocenters. The highest BCUT2D eigenvalue weighted by molar-refractivity contribution is 5.71. The smallest absolute Gasteiger partial charge is 0.416 e. The van der Waals surface area contributed by atoms with Crippen molar-refractivity contribution in [2.24, 2.45) is 0 Å². The van der Waals surface area contributed by atoms with Gasteiger partial charge in [-0.1, -0.05) is 30.3 Å². The Balaban J connectivity index is 1.92. The van der Waals surface area contributed by atoms with Gasteiger partial charge in [0.2, 0.25) is 0 Å². The topological polar surface area (TPSA) is 86.9 Å². The molecule has 2 aromatic rings. The maximum absolute atomic E-state index is 13.2. The number of nitro benzene ring substituents is 1. The van der Waals surface area contributed by atoms with Crippen molar-refractivity contribution in [3.8, 4) is 0 Å². The molecule has 1 aliphatic rings. The number of anilines is 1. The van der Waals surface area contributed by atoms with E-state index in [0.717, 1.165) is 17.7 Å². The van der Waals surface area contributed by atoms with Crippen molar-refractivity contribution < 1.29 is 28.0 Å². The van der Waals surface area contributed by atoms with Gasteiger partial charge in [0.15, 0.2) is 0 Å². The van der Waals surface area contributed by atoms with E-state index < -0.39 is 34.4 Å². The summed E-state index contributed by atoms with van der Waals surface area (Å²) >= 11 is 0. The van der Waals surface area contributed by atoms with Crippen molar-refractivity contribution in [1.29, 1.82) is 0 Å². The Labute approximate surface area is 170 Å². The van der Waals surface area contributed by atoms with Crippen LogP contribution in [0.15, 0.2) is 48.5 Å². The molecule has 10 heteroatoms. The summed E-state index contributed by atoms with van der Waals surface area (Å²) in [7, 11) is 0. The summed E-state index contributed by atoms with van der Waals surface area (Å²) in [4.78, 5) is 25.5. The fraction of sp³-hybridized carbons (Fsp3) is 0.350. The van der Waals surface area contributed by atoms with Gasteiger partial charge >= 0.3 is 12.1 Å². The molecule has 1 aliphatic heterocycles. The van der Waals surface area contributed by atoms with E-state index in [4.69, 9.17) is 0 Å². The predicted octanol–water partition coefficient (Wildman–Crippen LogP) is 3.78. The minimum Gasteiger partial charge on any atom is -0.481 e. The van der Waals surface area contributed by atoms with Crippen molar-refractivity contribution in [3.05, 3.63) is 69.8 Å². The van der Waals surface area contributed by atoms with Crippen LogP contribution in [0, 0.1) is 10.1 Å². The summed E-state index contributed by atoms with van der Waals surface area (Å²) in [6.07, 6.45) is -5.01. The molecular weight excluding hydrogens is 403 g/mol. The number of alkyl halides is 3. The van der Waals surface area contributed by atoms with Crippen LogP contribution in [0.2, 0.25) is 0 Å². The normalized spacial score (nSPS) is 17.7. The van der Waals surface area contributed by atoms with Crippen molar-refractivity contribution in [1.82, 2.24) is 4.90 Å². The molecule has 7 nitrogen and oxygen atoms in total. The van der Waals surface area contributed by atoms with Gasteiger partial charge in [-0.15, -0.1) is 0 Å². The lowest BCUT2D eigenvalue weighted by atomic mass is 10.0. The number of benzene rings is 2. The number of piperazine rings is 1. The van der Waals surface area contributed by atoms with Gasteiger partial charge in [-0.2, -0.15) is 13.2 Å². The maximum Gasteiger partial charge on any atom is 0.416 e. The van der Waals surface area contributed by atoms with Gasteiger partial charge in [-0.25, -0.2) is 0 Å². The lowest BCUT2D eigenvalue weighted by molar-refractivity contribution is -0.384. The Morgan fingerprint density at radius 2 is 1.87 bits per heavy atom. The van der Waals surface area contributed by atoms with Crippen LogP contribution in [0.4, 0.5) is 24.5 Å². The summed E-state index contributed by atoms with van der Waals surface area (Å²) in [5, 5.41) is 20.7. The molecule has 1 heterocycles. The number of carboxylic acid groups (broad SMARTS) is 1. The van der Waals surface area contributed by atoms with Crippen LogP contribution >= 0.6 is 0 Å². The number of hydrogen-bond acceptors (Lipinski definition) is 5. The van der Waals surface area contributed by atoms with Gasteiger partial charge in [0, 0.05) is 32.2 Å². The molecule has 3 rings (SSSR count). The first-order chi connectivity index (χ1) is 14.1. The van der Waals surface area contributed by atoms with Crippen molar-refractivity contribution >= 4 is 17.3 Å². The first kappa shape index (κ1) is 21.6. The number of carbonyl (C=O) groups is 1.